The van der Waals surface area contributed by atoms with E-state index in [1.54, 1.807) is 16.7 Å². The number of fused-ring (bicyclic) bond motifs is 1. The molecule has 0 bridgehead atoms. The molecule has 0 aliphatic rings. The van der Waals surface area contributed by atoms with Gasteiger partial charge in [0.25, 0.3) is 0 Å². The van der Waals surface area contributed by atoms with Crippen LogP contribution < -0.4 is 11.0 Å². The molecule has 7 nitrogen and oxygen atoms in total. The molecule has 22 heavy (non-hydrogen) atoms. The predicted octanol–water partition coefficient (Wildman–Crippen LogP) is 1.00. The smallest absolute Gasteiger partial charge is 0.356 e. The van der Waals surface area contributed by atoms with Gasteiger partial charge in [-0.05, 0) is 17.7 Å². The molecule has 2 aromatic heterocycles. The number of nitrogens with zero attached hydrogens (tertiary/aromatic N) is 3. The van der Waals surface area contributed by atoms with Gasteiger partial charge in [0, 0.05) is 12.7 Å². The van der Waals surface area contributed by atoms with Gasteiger partial charge in [-0.3, -0.25) is 4.57 Å². The lowest BCUT2D eigenvalue weighted by Crippen LogP contribution is -2.05. The Labute approximate surface area is 124 Å². The van der Waals surface area contributed by atoms with Crippen molar-refractivity contribution in [1.29, 1.82) is 0 Å². The molecule has 0 amide bonds. The summed E-state index contributed by atoms with van der Waals surface area (Å²) in [5.41, 5.74) is 6.75. The summed E-state index contributed by atoms with van der Waals surface area (Å²) in [6.07, 6.45) is 2.52. The third kappa shape index (κ3) is 2.59. The highest BCUT2D eigenvalue weighted by molar-refractivity contribution is 7.60. The van der Waals surface area contributed by atoms with Gasteiger partial charge in [0.2, 0.25) is 0 Å². The molecule has 0 saturated heterocycles. The first-order chi connectivity index (χ1) is 10.4. The summed E-state index contributed by atoms with van der Waals surface area (Å²) in [7, 11) is -4.27. The minimum absolute atomic E-state index is 0.0636. The molecule has 0 saturated carbocycles. The normalized spacial score (nSPS) is 12.0. The van der Waals surface area contributed by atoms with Gasteiger partial charge in [-0.1, -0.05) is 12.1 Å². The molecule has 1 aromatic carbocycles. The van der Waals surface area contributed by atoms with Crippen LogP contribution in [0.5, 0.6) is 0 Å². The first-order valence-corrected chi connectivity index (χ1v) is 7.87. The monoisotopic (exact) mass is 322 g/mol. The summed E-state index contributed by atoms with van der Waals surface area (Å²) in [6, 6.07) is 5.84. The van der Waals surface area contributed by atoms with E-state index in [4.69, 9.17) is 15.5 Å². The van der Waals surface area contributed by atoms with Gasteiger partial charge in [0.05, 0.1) is 10.7 Å². The molecule has 4 N–H and O–H groups in total. The lowest BCUT2D eigenvalue weighted by molar-refractivity contribution is 0.387. The van der Waals surface area contributed by atoms with Crippen LogP contribution in [0.25, 0.3) is 11.0 Å². The fourth-order valence-corrected chi connectivity index (χ4v) is 2.75. The van der Waals surface area contributed by atoms with Gasteiger partial charge >= 0.3 is 7.60 Å². The lowest BCUT2D eigenvalue weighted by atomic mass is 10.2. The Hall–Kier alpha value is -2.28. The Bertz CT molecular complexity index is 888. The van der Waals surface area contributed by atoms with E-state index in [2.05, 4.69) is 9.97 Å². The summed E-state index contributed by atoms with van der Waals surface area (Å²) in [5.74, 6) is -0.446. The molecule has 3 rings (SSSR count). The maximum atomic E-state index is 13.9. The molecule has 0 radical (unpaired) electrons. The fraction of sp³-hybridized carbons (Fsp3) is 0.0769. The summed E-state index contributed by atoms with van der Waals surface area (Å²) in [6.45, 7) is 0.290. The number of benzene rings is 1. The standard InChI is InChI=1S/C13H12FN4O3P/c14-10-6-18(13-11(10)12(15)16-7-17-13)5-8-1-3-9(4-2-8)22(19,20)21/h1-4,6-7H,5H2,(H2,15,16,17)(H2,19,20,21). The van der Waals surface area contributed by atoms with E-state index in [0.717, 1.165) is 5.56 Å². The maximum absolute atomic E-state index is 13.9. The van der Waals surface area contributed by atoms with Crippen LogP contribution in [0.1, 0.15) is 5.56 Å². The van der Waals surface area contributed by atoms with Crippen molar-refractivity contribution >= 4 is 29.8 Å². The summed E-state index contributed by atoms with van der Waals surface area (Å²) in [4.78, 5) is 25.9. The summed E-state index contributed by atoms with van der Waals surface area (Å²) in [5, 5.41) is 0.0979. The SMILES string of the molecule is Nc1ncnc2c1c(F)cn2Cc1ccc(P(=O)(O)O)cc1. The van der Waals surface area contributed by atoms with E-state index in [0.29, 0.717) is 5.65 Å². The van der Waals surface area contributed by atoms with Crippen molar-refractivity contribution in [1.82, 2.24) is 14.5 Å². The van der Waals surface area contributed by atoms with Crippen LogP contribution in [-0.2, 0) is 11.1 Å². The van der Waals surface area contributed by atoms with E-state index >= 15 is 0 Å². The van der Waals surface area contributed by atoms with E-state index in [1.165, 1.54) is 24.7 Å². The quantitative estimate of drug-likeness (QED) is 0.620. The van der Waals surface area contributed by atoms with E-state index in [-0.39, 0.29) is 23.1 Å². The molecule has 0 aliphatic carbocycles. The second-order valence-corrected chi connectivity index (χ2v) is 6.38. The van der Waals surface area contributed by atoms with Crippen LogP contribution in [0, 0.1) is 5.82 Å². The number of halogens is 1. The van der Waals surface area contributed by atoms with Gasteiger partial charge in [-0.15, -0.1) is 0 Å². The molecule has 114 valence electrons. The summed E-state index contributed by atoms with van der Waals surface area (Å²) >= 11 is 0. The number of anilines is 1. The van der Waals surface area contributed by atoms with Crippen molar-refractivity contribution in [2.45, 2.75) is 6.54 Å². The third-order valence-electron chi connectivity index (χ3n) is 3.26. The molecular weight excluding hydrogens is 310 g/mol. The van der Waals surface area contributed by atoms with E-state index in [9.17, 15) is 8.96 Å². The summed E-state index contributed by atoms with van der Waals surface area (Å²) < 4.78 is 26.6. The molecule has 0 aliphatic heterocycles. The Morgan fingerprint density at radius 2 is 1.91 bits per heavy atom. The van der Waals surface area contributed by atoms with E-state index in [1.807, 2.05) is 0 Å². The molecule has 9 heteroatoms. The van der Waals surface area contributed by atoms with Crippen LogP contribution in [0.15, 0.2) is 36.8 Å². The highest BCUT2D eigenvalue weighted by Gasteiger charge is 2.17. The first-order valence-electron chi connectivity index (χ1n) is 6.26. The van der Waals surface area contributed by atoms with Crippen LogP contribution in [0.3, 0.4) is 0 Å². The molecular formula is C13H12FN4O3P. The van der Waals surface area contributed by atoms with Crippen LogP contribution in [0.2, 0.25) is 0 Å². The van der Waals surface area contributed by atoms with Crippen LogP contribution in [-0.4, -0.2) is 24.3 Å². The van der Waals surface area contributed by atoms with Crippen LogP contribution in [0.4, 0.5) is 10.2 Å². The van der Waals surface area contributed by atoms with Gasteiger partial charge in [0.15, 0.2) is 5.82 Å². The number of aromatic nitrogens is 3. The van der Waals surface area contributed by atoms with Crippen molar-refractivity contribution in [3.63, 3.8) is 0 Å². The van der Waals surface area contributed by atoms with Gasteiger partial charge in [-0.25, -0.2) is 14.4 Å². The zero-order valence-electron chi connectivity index (χ0n) is 11.2. The third-order valence-corrected chi connectivity index (χ3v) is 4.23. The Balaban J connectivity index is 1.97. The molecule has 0 fully saturated rings. The predicted molar refractivity (Wildman–Crippen MR) is 79.1 cm³/mol. The Kier molecular flexibility index (Phi) is 3.44. The zero-order chi connectivity index (χ0) is 15.9. The first kappa shape index (κ1) is 14.6. The van der Waals surface area contributed by atoms with Crippen molar-refractivity contribution in [3.8, 4) is 0 Å². The van der Waals surface area contributed by atoms with Crippen molar-refractivity contribution in [3.05, 3.63) is 48.2 Å². The van der Waals surface area contributed by atoms with Gasteiger partial charge in [0.1, 0.15) is 17.8 Å². The number of nitrogen functional groups attached to an aromatic ring is 1. The van der Waals surface area contributed by atoms with Gasteiger partial charge in [-0.2, -0.15) is 0 Å². The second kappa shape index (κ2) is 5.17. The molecule has 0 unspecified atom stereocenters. The van der Waals surface area contributed by atoms with Crippen molar-refractivity contribution in [2.24, 2.45) is 0 Å². The van der Waals surface area contributed by atoms with Crippen LogP contribution >= 0.6 is 7.60 Å². The van der Waals surface area contributed by atoms with Gasteiger partial charge < -0.3 is 20.1 Å². The zero-order valence-corrected chi connectivity index (χ0v) is 12.1. The molecule has 0 spiro atoms. The molecule has 2 heterocycles. The average molecular weight is 322 g/mol. The Morgan fingerprint density at radius 1 is 1.23 bits per heavy atom. The highest BCUT2D eigenvalue weighted by Crippen LogP contribution is 2.33. The highest BCUT2D eigenvalue weighted by atomic mass is 31.2. The topological polar surface area (TPSA) is 114 Å². The average Bonchev–Trinajstić information content (AvgIpc) is 2.76. The minimum atomic E-state index is -4.27. The number of hydrogen-bond donors (Lipinski definition) is 3. The van der Waals surface area contributed by atoms with Crippen molar-refractivity contribution in [2.75, 3.05) is 5.73 Å². The second-order valence-electron chi connectivity index (χ2n) is 4.77. The largest absolute Gasteiger partial charge is 0.383 e. The maximum Gasteiger partial charge on any atom is 0.356 e. The van der Waals surface area contributed by atoms with Crippen molar-refractivity contribution < 1.29 is 18.7 Å². The minimum Gasteiger partial charge on any atom is -0.383 e. The molecule has 3 aromatic rings. The fourth-order valence-electron chi connectivity index (χ4n) is 2.21. The molecule has 0 atom stereocenters. The number of rotatable bonds is 3. The lowest BCUT2D eigenvalue weighted by Gasteiger charge is -2.07. The van der Waals surface area contributed by atoms with E-state index < -0.39 is 13.4 Å². The Morgan fingerprint density at radius 3 is 2.55 bits per heavy atom. The number of hydrogen-bond acceptors (Lipinski definition) is 4. The number of nitrogens with two attached hydrogens (primary N) is 1.